The average Bonchev–Trinajstić information content (AvgIpc) is 2.84. The molecule has 1 atom stereocenters. The van der Waals surface area contributed by atoms with Crippen LogP contribution in [0.25, 0.3) is 0 Å². The van der Waals surface area contributed by atoms with E-state index in [4.69, 9.17) is 5.73 Å². The van der Waals surface area contributed by atoms with Gasteiger partial charge in [-0.3, -0.25) is 4.79 Å². The smallest absolute Gasteiger partial charge is 0.251 e. The molecule has 1 aromatic carbocycles. The van der Waals surface area contributed by atoms with E-state index in [1.54, 1.807) is 23.5 Å². The minimum atomic E-state index is -0.0612. The summed E-state index contributed by atoms with van der Waals surface area (Å²) in [4.78, 5) is 13.5. The molecule has 0 bridgehead atoms. The minimum Gasteiger partial charge on any atom is -0.399 e. The van der Waals surface area contributed by atoms with Crippen molar-refractivity contribution in [1.82, 2.24) is 5.32 Å². The number of benzene rings is 1. The van der Waals surface area contributed by atoms with E-state index in [-0.39, 0.29) is 24.4 Å². The fourth-order valence-electron chi connectivity index (χ4n) is 1.97. The Labute approximate surface area is 129 Å². The quantitative estimate of drug-likeness (QED) is 0.850. The number of nitrogens with two attached hydrogens (primary N) is 1. The molecule has 3 N–H and O–H groups in total. The molecule has 1 heterocycles. The Morgan fingerprint density at radius 2 is 2.15 bits per heavy atom. The van der Waals surface area contributed by atoms with Gasteiger partial charge in [0, 0.05) is 28.6 Å². The van der Waals surface area contributed by atoms with Gasteiger partial charge in [-0.05, 0) is 43.0 Å². The molecule has 2 aromatic rings. The van der Waals surface area contributed by atoms with Gasteiger partial charge in [0.05, 0.1) is 0 Å². The summed E-state index contributed by atoms with van der Waals surface area (Å²) in [5, 5.41) is 5.06. The van der Waals surface area contributed by atoms with Crippen LogP contribution in [0.15, 0.2) is 35.7 Å². The molecule has 0 fully saturated rings. The van der Waals surface area contributed by atoms with Crippen LogP contribution in [0.4, 0.5) is 5.69 Å². The van der Waals surface area contributed by atoms with Gasteiger partial charge in [0.25, 0.3) is 5.91 Å². The largest absolute Gasteiger partial charge is 0.399 e. The van der Waals surface area contributed by atoms with E-state index in [9.17, 15) is 4.79 Å². The van der Waals surface area contributed by atoms with E-state index in [2.05, 4.69) is 11.4 Å². The molecule has 0 radical (unpaired) electrons. The number of aryl methyl sites for hydroxylation is 1. The first kappa shape index (κ1) is 16.5. The van der Waals surface area contributed by atoms with Gasteiger partial charge in [0.2, 0.25) is 0 Å². The monoisotopic (exact) mass is 310 g/mol. The van der Waals surface area contributed by atoms with Crippen molar-refractivity contribution < 1.29 is 4.79 Å². The lowest BCUT2D eigenvalue weighted by atomic mass is 10.1. The summed E-state index contributed by atoms with van der Waals surface area (Å²) in [7, 11) is 0. The third kappa shape index (κ3) is 4.25. The van der Waals surface area contributed by atoms with Gasteiger partial charge in [0.1, 0.15) is 0 Å². The maximum Gasteiger partial charge on any atom is 0.251 e. The fourth-order valence-corrected chi connectivity index (χ4v) is 2.80. The summed E-state index contributed by atoms with van der Waals surface area (Å²) >= 11 is 1.71. The summed E-state index contributed by atoms with van der Waals surface area (Å²) in [5.74, 6) is -0.0612. The number of nitrogens with one attached hydrogen (secondary N) is 1. The van der Waals surface area contributed by atoms with E-state index in [1.807, 2.05) is 31.4 Å². The molecule has 1 unspecified atom stereocenters. The summed E-state index contributed by atoms with van der Waals surface area (Å²) in [6.07, 6.45) is 0.852. The first-order valence-electron chi connectivity index (χ1n) is 6.25. The lowest BCUT2D eigenvalue weighted by Crippen LogP contribution is -2.34. The first-order chi connectivity index (χ1) is 9.06. The third-order valence-corrected chi connectivity index (χ3v) is 3.87. The lowest BCUT2D eigenvalue weighted by Gasteiger charge is -2.14. The van der Waals surface area contributed by atoms with Crippen LogP contribution in [0.1, 0.15) is 27.7 Å². The number of halogens is 1. The number of carbonyl (C=O) groups excluding carboxylic acids is 1. The molecule has 1 amide bonds. The Hall–Kier alpha value is -1.52. The number of hydrogen-bond acceptors (Lipinski definition) is 3. The number of rotatable bonds is 4. The summed E-state index contributed by atoms with van der Waals surface area (Å²) in [6.45, 7) is 3.93. The number of anilines is 1. The highest BCUT2D eigenvalue weighted by atomic mass is 35.5. The van der Waals surface area contributed by atoms with Gasteiger partial charge in [0.15, 0.2) is 0 Å². The van der Waals surface area contributed by atoms with Crippen LogP contribution in [0, 0.1) is 6.92 Å². The van der Waals surface area contributed by atoms with E-state index < -0.39 is 0 Å². The zero-order chi connectivity index (χ0) is 13.8. The van der Waals surface area contributed by atoms with E-state index >= 15 is 0 Å². The van der Waals surface area contributed by atoms with Gasteiger partial charge < -0.3 is 11.1 Å². The predicted octanol–water partition coefficient (Wildman–Crippen LogP) is 3.42. The molecule has 0 spiro atoms. The topological polar surface area (TPSA) is 55.1 Å². The number of hydrogen-bond donors (Lipinski definition) is 2. The Balaban J connectivity index is 0.00000200. The van der Waals surface area contributed by atoms with E-state index in [0.29, 0.717) is 11.3 Å². The number of nitrogen functional groups attached to an aromatic ring is 1. The Kier molecular flexibility index (Phi) is 6.05. The fraction of sp³-hybridized carbons (Fsp3) is 0.267. The maximum atomic E-state index is 12.2. The van der Waals surface area contributed by atoms with Crippen molar-refractivity contribution in [3.05, 3.63) is 51.7 Å². The number of amides is 1. The van der Waals surface area contributed by atoms with Gasteiger partial charge in [-0.1, -0.05) is 12.1 Å². The zero-order valence-electron chi connectivity index (χ0n) is 11.6. The third-order valence-electron chi connectivity index (χ3n) is 2.97. The van der Waals surface area contributed by atoms with Crippen molar-refractivity contribution in [2.75, 3.05) is 5.73 Å². The SMILES string of the molecule is Cc1ccc(N)cc1C(=O)NC(C)Cc1cccs1.Cl. The van der Waals surface area contributed by atoms with Crippen molar-refractivity contribution >= 4 is 35.3 Å². The van der Waals surface area contributed by atoms with Crippen LogP contribution in [-0.4, -0.2) is 11.9 Å². The molecule has 20 heavy (non-hydrogen) atoms. The Bertz CT molecular complexity index is 569. The molecule has 0 saturated heterocycles. The van der Waals surface area contributed by atoms with Crippen molar-refractivity contribution in [2.24, 2.45) is 0 Å². The highest BCUT2D eigenvalue weighted by Gasteiger charge is 2.13. The second-order valence-corrected chi connectivity index (χ2v) is 5.76. The average molecular weight is 311 g/mol. The molecule has 5 heteroatoms. The summed E-state index contributed by atoms with van der Waals surface area (Å²) in [6, 6.07) is 9.61. The van der Waals surface area contributed by atoms with Crippen molar-refractivity contribution in [1.29, 1.82) is 0 Å². The normalized spacial score (nSPS) is 11.5. The van der Waals surface area contributed by atoms with E-state index in [1.165, 1.54) is 4.88 Å². The maximum absolute atomic E-state index is 12.2. The predicted molar refractivity (Wildman–Crippen MR) is 87.8 cm³/mol. The van der Waals surface area contributed by atoms with Crippen LogP contribution >= 0.6 is 23.7 Å². The molecular formula is C15H19ClN2OS. The molecular weight excluding hydrogens is 292 g/mol. The number of carbonyl (C=O) groups is 1. The van der Waals surface area contributed by atoms with Crippen LogP contribution < -0.4 is 11.1 Å². The highest BCUT2D eigenvalue weighted by Crippen LogP contribution is 2.14. The summed E-state index contributed by atoms with van der Waals surface area (Å²) in [5.41, 5.74) is 7.93. The summed E-state index contributed by atoms with van der Waals surface area (Å²) < 4.78 is 0. The molecule has 0 aliphatic rings. The molecule has 2 rings (SSSR count). The molecule has 3 nitrogen and oxygen atoms in total. The Morgan fingerprint density at radius 3 is 2.80 bits per heavy atom. The van der Waals surface area contributed by atoms with Crippen molar-refractivity contribution in [3.8, 4) is 0 Å². The van der Waals surface area contributed by atoms with Gasteiger partial charge in [-0.2, -0.15) is 0 Å². The Morgan fingerprint density at radius 1 is 1.40 bits per heavy atom. The van der Waals surface area contributed by atoms with Crippen LogP contribution in [0.2, 0.25) is 0 Å². The van der Waals surface area contributed by atoms with Gasteiger partial charge in [-0.15, -0.1) is 23.7 Å². The van der Waals surface area contributed by atoms with Gasteiger partial charge >= 0.3 is 0 Å². The zero-order valence-corrected chi connectivity index (χ0v) is 13.2. The van der Waals surface area contributed by atoms with Crippen LogP contribution in [0.3, 0.4) is 0 Å². The molecule has 0 saturated carbocycles. The lowest BCUT2D eigenvalue weighted by molar-refractivity contribution is 0.0939. The van der Waals surface area contributed by atoms with Crippen molar-refractivity contribution in [3.63, 3.8) is 0 Å². The van der Waals surface area contributed by atoms with E-state index in [0.717, 1.165) is 12.0 Å². The standard InChI is InChI=1S/C15H18N2OS.ClH/c1-10-5-6-12(16)9-14(10)15(18)17-11(2)8-13-4-3-7-19-13;/h3-7,9,11H,8,16H2,1-2H3,(H,17,18);1H. The molecule has 0 aliphatic carbocycles. The van der Waals surface area contributed by atoms with Crippen molar-refractivity contribution in [2.45, 2.75) is 26.3 Å². The number of thiophene rings is 1. The van der Waals surface area contributed by atoms with Crippen LogP contribution in [-0.2, 0) is 6.42 Å². The highest BCUT2D eigenvalue weighted by molar-refractivity contribution is 7.09. The molecule has 0 aliphatic heterocycles. The molecule has 108 valence electrons. The second kappa shape index (κ2) is 7.31. The minimum absolute atomic E-state index is 0. The first-order valence-corrected chi connectivity index (χ1v) is 7.13. The van der Waals surface area contributed by atoms with Crippen LogP contribution in [0.5, 0.6) is 0 Å². The second-order valence-electron chi connectivity index (χ2n) is 4.73. The van der Waals surface area contributed by atoms with Gasteiger partial charge in [-0.25, -0.2) is 0 Å². The molecule has 1 aromatic heterocycles.